The van der Waals surface area contributed by atoms with E-state index in [1.54, 1.807) is 4.90 Å². The molecule has 39 heavy (non-hydrogen) atoms. The van der Waals surface area contributed by atoms with Crippen molar-refractivity contribution >= 4 is 35.3 Å². The third-order valence-corrected chi connectivity index (χ3v) is 9.61. The van der Waals surface area contributed by atoms with Gasteiger partial charge in [-0.15, -0.1) is 0 Å². The van der Waals surface area contributed by atoms with E-state index in [4.69, 9.17) is 9.47 Å². The van der Waals surface area contributed by atoms with Crippen LogP contribution < -0.4 is 25.6 Å². The first-order valence-electron chi connectivity index (χ1n) is 13.7. The molecule has 1 aromatic carbocycles. The topological polar surface area (TPSA) is 112 Å². The van der Waals surface area contributed by atoms with Gasteiger partial charge in [-0.1, -0.05) is 18.3 Å². The molecule has 0 saturated carbocycles. The van der Waals surface area contributed by atoms with Crippen LogP contribution in [-0.2, 0) is 14.3 Å². The van der Waals surface area contributed by atoms with Crippen LogP contribution in [-0.4, -0.2) is 79.2 Å². The highest BCUT2D eigenvalue weighted by atomic mass is 32.2. The van der Waals surface area contributed by atoms with Crippen LogP contribution in [0.5, 0.6) is 5.75 Å². The SMILES string of the molecule is C=CC(=O)N1CC[C@@H](NC(=O)C2=C3NC(=O)N(c4ccc(OC5CCOCC5)cc4C)C4CCNC(S2)C34)C1. The average molecular weight is 554 g/mol. The van der Waals surface area contributed by atoms with Crippen molar-refractivity contribution in [2.45, 2.75) is 56.2 Å². The van der Waals surface area contributed by atoms with Gasteiger partial charge < -0.3 is 30.3 Å². The fraction of sp³-hybridized carbons (Fsp3) is 0.536. The lowest BCUT2D eigenvalue weighted by atomic mass is 9.86. The second kappa shape index (κ2) is 10.9. The number of thioether (sulfide) groups is 1. The Balaban J connectivity index is 1.19. The summed E-state index contributed by atoms with van der Waals surface area (Å²) in [7, 11) is 0. The molecule has 0 spiro atoms. The summed E-state index contributed by atoms with van der Waals surface area (Å²) < 4.78 is 11.6. The van der Waals surface area contributed by atoms with Crippen LogP contribution in [0.1, 0.15) is 31.2 Å². The van der Waals surface area contributed by atoms with Crippen molar-refractivity contribution in [2.24, 2.45) is 5.92 Å². The van der Waals surface area contributed by atoms with E-state index >= 15 is 0 Å². The number of urea groups is 1. The second-order valence-electron chi connectivity index (χ2n) is 10.7. The van der Waals surface area contributed by atoms with Gasteiger partial charge in [0.25, 0.3) is 5.91 Å². The van der Waals surface area contributed by atoms with Crippen LogP contribution in [0.3, 0.4) is 0 Å². The molecule has 0 aliphatic carbocycles. The predicted molar refractivity (Wildman–Crippen MR) is 148 cm³/mol. The monoisotopic (exact) mass is 553 g/mol. The van der Waals surface area contributed by atoms with Gasteiger partial charge >= 0.3 is 6.03 Å². The third kappa shape index (κ3) is 5.03. The number of nitrogens with one attached hydrogen (secondary N) is 3. The average Bonchev–Trinajstić information content (AvgIpc) is 3.55. The Kier molecular flexibility index (Phi) is 7.30. The first kappa shape index (κ1) is 26.2. The minimum absolute atomic E-state index is 0.00135. The van der Waals surface area contributed by atoms with E-state index < -0.39 is 0 Å². The van der Waals surface area contributed by atoms with Crippen molar-refractivity contribution in [3.8, 4) is 5.75 Å². The van der Waals surface area contributed by atoms with Crippen LogP contribution in [0.25, 0.3) is 0 Å². The van der Waals surface area contributed by atoms with E-state index in [9.17, 15) is 14.4 Å². The summed E-state index contributed by atoms with van der Waals surface area (Å²) >= 11 is 1.49. The molecule has 0 bridgehead atoms. The molecule has 11 heteroatoms. The molecule has 3 N–H and O–H groups in total. The molecule has 1 aromatic rings. The molecule has 5 aliphatic rings. The lowest BCUT2D eigenvalue weighted by molar-refractivity contribution is -0.125. The van der Waals surface area contributed by atoms with Gasteiger partial charge in [-0.05, 0) is 56.1 Å². The zero-order chi connectivity index (χ0) is 27.1. The van der Waals surface area contributed by atoms with E-state index in [0.717, 1.165) is 56.0 Å². The number of hydrogen-bond donors (Lipinski definition) is 3. The minimum Gasteiger partial charge on any atom is -0.490 e. The number of likely N-dealkylation sites (tertiary alicyclic amines) is 1. The van der Waals surface area contributed by atoms with Gasteiger partial charge in [-0.25, -0.2) is 4.79 Å². The van der Waals surface area contributed by atoms with Crippen LogP contribution >= 0.6 is 11.8 Å². The summed E-state index contributed by atoms with van der Waals surface area (Å²) in [5.74, 6) is 0.463. The molecular formula is C28H35N5O5S. The minimum atomic E-state index is -0.218. The molecule has 0 aromatic heterocycles. The molecule has 208 valence electrons. The first-order chi connectivity index (χ1) is 18.9. The maximum Gasteiger partial charge on any atom is 0.326 e. The molecule has 4 atom stereocenters. The Morgan fingerprint density at radius 3 is 2.82 bits per heavy atom. The normalized spacial score (nSPS) is 28.7. The molecule has 10 nitrogen and oxygen atoms in total. The second-order valence-corrected chi connectivity index (χ2v) is 11.9. The predicted octanol–water partition coefficient (Wildman–Crippen LogP) is 2.25. The number of hydrogen-bond acceptors (Lipinski definition) is 7. The zero-order valence-corrected chi connectivity index (χ0v) is 22.9. The molecule has 4 amide bonds. The lowest BCUT2D eigenvalue weighted by Crippen LogP contribution is -2.62. The fourth-order valence-corrected chi connectivity index (χ4v) is 7.72. The number of amides is 4. The summed E-state index contributed by atoms with van der Waals surface area (Å²) in [5, 5.41) is 9.71. The van der Waals surface area contributed by atoms with Crippen molar-refractivity contribution in [3.05, 3.63) is 47.0 Å². The highest BCUT2D eigenvalue weighted by Gasteiger charge is 2.52. The Morgan fingerprint density at radius 1 is 1.23 bits per heavy atom. The maximum absolute atomic E-state index is 13.6. The number of carbonyl (C=O) groups excluding carboxylic acids is 3. The van der Waals surface area contributed by atoms with Gasteiger partial charge in [0, 0.05) is 49.3 Å². The van der Waals surface area contributed by atoms with Gasteiger partial charge in [-0.3, -0.25) is 14.5 Å². The molecule has 5 heterocycles. The number of aryl methyl sites for hydroxylation is 1. The number of carbonyl (C=O) groups is 3. The van der Waals surface area contributed by atoms with E-state index in [-0.39, 0.29) is 47.3 Å². The molecule has 6 rings (SSSR count). The molecule has 5 aliphatic heterocycles. The maximum atomic E-state index is 13.6. The van der Waals surface area contributed by atoms with Crippen molar-refractivity contribution in [1.82, 2.24) is 20.9 Å². The van der Waals surface area contributed by atoms with Crippen molar-refractivity contribution < 1.29 is 23.9 Å². The Labute approximate surface area is 232 Å². The summed E-state index contributed by atoms with van der Waals surface area (Å²) in [5.41, 5.74) is 2.54. The first-order valence-corrected chi connectivity index (χ1v) is 14.6. The Hall–Kier alpha value is -3.02. The van der Waals surface area contributed by atoms with Gasteiger partial charge in [-0.2, -0.15) is 0 Å². The number of ether oxygens (including phenoxy) is 2. The molecule has 3 unspecified atom stereocenters. The highest BCUT2D eigenvalue weighted by Crippen LogP contribution is 2.48. The van der Waals surface area contributed by atoms with Crippen LogP contribution in [0.2, 0.25) is 0 Å². The van der Waals surface area contributed by atoms with E-state index in [2.05, 4.69) is 22.5 Å². The molecule has 0 radical (unpaired) electrons. The van der Waals surface area contributed by atoms with Crippen LogP contribution in [0.15, 0.2) is 41.5 Å². The summed E-state index contributed by atoms with van der Waals surface area (Å²) in [6.07, 6.45) is 4.68. The zero-order valence-electron chi connectivity index (χ0n) is 22.1. The molecule has 4 fully saturated rings. The number of rotatable bonds is 6. The fourth-order valence-electron chi connectivity index (χ4n) is 6.32. The number of nitrogens with zero attached hydrogens (tertiary/aromatic N) is 2. The number of piperidine rings is 1. The third-order valence-electron chi connectivity index (χ3n) is 8.26. The number of benzene rings is 1. The highest BCUT2D eigenvalue weighted by molar-refractivity contribution is 8.04. The van der Waals surface area contributed by atoms with Gasteiger partial charge in [0.15, 0.2) is 0 Å². The van der Waals surface area contributed by atoms with Gasteiger partial charge in [0.05, 0.1) is 29.5 Å². The van der Waals surface area contributed by atoms with Crippen LogP contribution in [0, 0.1) is 12.8 Å². The van der Waals surface area contributed by atoms with Crippen molar-refractivity contribution in [3.63, 3.8) is 0 Å². The lowest BCUT2D eigenvalue weighted by Gasteiger charge is -2.46. The van der Waals surface area contributed by atoms with E-state index in [1.807, 2.05) is 30.0 Å². The van der Waals surface area contributed by atoms with Crippen LogP contribution in [0.4, 0.5) is 10.5 Å². The van der Waals surface area contributed by atoms with E-state index in [0.29, 0.717) is 30.1 Å². The van der Waals surface area contributed by atoms with Crippen molar-refractivity contribution in [1.29, 1.82) is 0 Å². The Morgan fingerprint density at radius 2 is 2.05 bits per heavy atom. The summed E-state index contributed by atoms with van der Waals surface area (Å²) in [6.45, 7) is 8.81. The molecular weight excluding hydrogens is 518 g/mol. The largest absolute Gasteiger partial charge is 0.490 e. The van der Waals surface area contributed by atoms with Gasteiger partial charge in [0.1, 0.15) is 11.9 Å². The quantitative estimate of drug-likeness (QED) is 0.464. The molecule has 4 saturated heterocycles. The van der Waals surface area contributed by atoms with E-state index in [1.165, 1.54) is 17.8 Å². The summed E-state index contributed by atoms with van der Waals surface area (Å²) in [4.78, 5) is 43.0. The standard InChI is InChI=1S/C28H35N5O5S/c1-3-22(34)32-11-7-17(15-32)30-26(35)25-24-23-21(6-10-29-27(23)39-25)33(28(36)31-24)20-5-4-19(14-16(20)2)38-18-8-12-37-13-9-18/h3-5,14,17-18,21,23,27,29H,1,6-13,15H2,2H3,(H,30,35)(H,31,36)/t17-,21?,23?,27?/m1/s1. The van der Waals surface area contributed by atoms with Crippen molar-refractivity contribution in [2.75, 3.05) is 37.7 Å². The number of anilines is 1. The smallest absolute Gasteiger partial charge is 0.326 e. The summed E-state index contributed by atoms with van der Waals surface area (Å²) in [6, 6.07) is 5.52. The van der Waals surface area contributed by atoms with Gasteiger partial charge in [0.2, 0.25) is 5.91 Å². The Bertz CT molecular complexity index is 1210.